The Balaban J connectivity index is 2.25. The third-order valence-electron chi connectivity index (χ3n) is 3.74. The highest BCUT2D eigenvalue weighted by Crippen LogP contribution is 2.27. The molecule has 0 aliphatic carbocycles. The molecule has 0 heteroatoms. The second-order valence-corrected chi connectivity index (χ2v) is 5.16. The third kappa shape index (κ3) is 2.25. The lowest BCUT2D eigenvalue weighted by atomic mass is 9.97. The highest BCUT2D eigenvalue weighted by molar-refractivity contribution is 5.99. The Hall–Kier alpha value is -2.34. The number of hydrogen-bond donors (Lipinski definition) is 0. The minimum atomic E-state index is 0.914. The minimum Gasteiger partial charge on any atom is -0.103 e. The zero-order valence-corrected chi connectivity index (χ0v) is 11.6. The largest absolute Gasteiger partial charge is 0.103 e. The normalized spacial score (nSPS) is 10.8. The maximum Gasteiger partial charge on any atom is -0.00940 e. The number of fused-ring (bicyclic) bond motifs is 2. The Morgan fingerprint density at radius 3 is 2.40 bits per heavy atom. The van der Waals surface area contributed by atoms with E-state index >= 15 is 0 Å². The summed E-state index contributed by atoms with van der Waals surface area (Å²) in [5.41, 5.74) is 2.66. The van der Waals surface area contributed by atoms with Crippen molar-refractivity contribution in [2.24, 2.45) is 0 Å². The van der Waals surface area contributed by atoms with Crippen molar-refractivity contribution in [3.8, 4) is 0 Å². The smallest absolute Gasteiger partial charge is 0.00940 e. The molecule has 0 bridgehead atoms. The van der Waals surface area contributed by atoms with Crippen LogP contribution in [-0.4, -0.2) is 0 Å². The molecule has 0 N–H and O–H groups in total. The summed E-state index contributed by atoms with van der Waals surface area (Å²) in [6.45, 7) is 7.66. The predicted molar refractivity (Wildman–Crippen MR) is 89.3 cm³/mol. The van der Waals surface area contributed by atoms with E-state index in [0.29, 0.717) is 0 Å². The molecule has 0 fully saturated rings. The lowest BCUT2D eigenvalue weighted by molar-refractivity contribution is 1.29. The van der Waals surface area contributed by atoms with Crippen LogP contribution in [0.3, 0.4) is 0 Å². The standard InChI is InChI=1S/C20H18/c1-3-6-15-10-11-17-14-20-16(7-4-2)8-5-9-18(20)13-19(17)12-15/h3-5,8-14H,1-2,6-7H2. The second-order valence-electron chi connectivity index (χ2n) is 5.16. The Bertz CT molecular complexity index is 793. The Labute approximate surface area is 120 Å². The molecule has 0 aliphatic rings. The van der Waals surface area contributed by atoms with Gasteiger partial charge >= 0.3 is 0 Å². The summed E-state index contributed by atoms with van der Waals surface area (Å²) in [5, 5.41) is 5.22. The molecule has 0 spiro atoms. The molecule has 3 aromatic carbocycles. The van der Waals surface area contributed by atoms with Crippen LogP contribution >= 0.6 is 0 Å². The fraction of sp³-hybridized carbons (Fsp3) is 0.100. The molecule has 20 heavy (non-hydrogen) atoms. The zero-order valence-electron chi connectivity index (χ0n) is 11.6. The van der Waals surface area contributed by atoms with Crippen molar-refractivity contribution >= 4 is 21.5 Å². The zero-order chi connectivity index (χ0) is 13.9. The molecule has 0 aliphatic heterocycles. The van der Waals surface area contributed by atoms with Crippen LogP contribution < -0.4 is 0 Å². The van der Waals surface area contributed by atoms with Gasteiger partial charge in [0.05, 0.1) is 0 Å². The highest BCUT2D eigenvalue weighted by Gasteiger charge is 2.03. The van der Waals surface area contributed by atoms with E-state index in [1.807, 2.05) is 12.2 Å². The van der Waals surface area contributed by atoms with Gasteiger partial charge in [0, 0.05) is 0 Å². The van der Waals surface area contributed by atoms with Crippen LogP contribution in [0.2, 0.25) is 0 Å². The number of allylic oxidation sites excluding steroid dienone is 2. The molecule has 0 heterocycles. The van der Waals surface area contributed by atoms with Crippen LogP contribution in [0.25, 0.3) is 21.5 Å². The Kier molecular flexibility index (Phi) is 3.39. The summed E-state index contributed by atoms with van der Waals surface area (Å²) in [7, 11) is 0. The van der Waals surface area contributed by atoms with Gasteiger partial charge in [0.2, 0.25) is 0 Å². The summed E-state index contributed by atoms with van der Waals surface area (Å²) < 4.78 is 0. The van der Waals surface area contributed by atoms with Crippen LogP contribution in [-0.2, 0) is 12.8 Å². The first-order valence-electron chi connectivity index (χ1n) is 6.98. The third-order valence-corrected chi connectivity index (χ3v) is 3.74. The van der Waals surface area contributed by atoms with Crippen LogP contribution in [0.15, 0.2) is 73.8 Å². The van der Waals surface area contributed by atoms with Crippen LogP contribution in [0.4, 0.5) is 0 Å². The van der Waals surface area contributed by atoms with E-state index in [-0.39, 0.29) is 0 Å². The summed E-state index contributed by atoms with van der Waals surface area (Å²) >= 11 is 0. The monoisotopic (exact) mass is 258 g/mol. The van der Waals surface area contributed by atoms with Gasteiger partial charge in [-0.2, -0.15) is 0 Å². The first kappa shape index (κ1) is 12.7. The highest BCUT2D eigenvalue weighted by atomic mass is 14.1. The Morgan fingerprint density at radius 2 is 1.60 bits per heavy atom. The van der Waals surface area contributed by atoms with E-state index in [1.54, 1.807) is 0 Å². The van der Waals surface area contributed by atoms with Crippen molar-refractivity contribution in [1.82, 2.24) is 0 Å². The number of benzene rings is 3. The molecule has 3 aromatic rings. The molecule has 98 valence electrons. The number of rotatable bonds is 4. The molecular formula is C20H18. The van der Waals surface area contributed by atoms with Gasteiger partial charge in [-0.1, -0.05) is 48.6 Å². The maximum absolute atomic E-state index is 3.85. The van der Waals surface area contributed by atoms with Gasteiger partial charge in [0.15, 0.2) is 0 Å². The van der Waals surface area contributed by atoms with E-state index in [4.69, 9.17) is 0 Å². The summed E-state index contributed by atoms with van der Waals surface area (Å²) in [6.07, 6.45) is 5.75. The van der Waals surface area contributed by atoms with Crippen molar-refractivity contribution in [3.05, 3.63) is 85.0 Å². The molecule has 0 radical (unpaired) electrons. The van der Waals surface area contributed by atoms with Crippen LogP contribution in [0.5, 0.6) is 0 Å². The van der Waals surface area contributed by atoms with Crippen molar-refractivity contribution in [3.63, 3.8) is 0 Å². The lowest BCUT2D eigenvalue weighted by Gasteiger charge is -2.08. The summed E-state index contributed by atoms with van der Waals surface area (Å²) in [5.74, 6) is 0. The lowest BCUT2D eigenvalue weighted by Crippen LogP contribution is -1.86. The summed E-state index contributed by atoms with van der Waals surface area (Å²) in [6, 6.07) is 17.7. The van der Waals surface area contributed by atoms with E-state index in [0.717, 1.165) is 12.8 Å². The maximum atomic E-state index is 3.85. The van der Waals surface area contributed by atoms with Crippen molar-refractivity contribution in [2.45, 2.75) is 12.8 Å². The SMILES string of the molecule is C=CCc1ccc2cc3c(CC=C)cccc3cc2c1. The topological polar surface area (TPSA) is 0 Å². The fourth-order valence-corrected chi connectivity index (χ4v) is 2.77. The fourth-order valence-electron chi connectivity index (χ4n) is 2.77. The molecule has 0 saturated carbocycles. The first-order chi connectivity index (χ1) is 9.81. The molecule has 0 nitrogen and oxygen atoms in total. The predicted octanol–water partition coefficient (Wildman–Crippen LogP) is 5.45. The van der Waals surface area contributed by atoms with Gasteiger partial charge in [-0.05, 0) is 57.6 Å². The summed E-state index contributed by atoms with van der Waals surface area (Å²) in [4.78, 5) is 0. The van der Waals surface area contributed by atoms with Crippen molar-refractivity contribution < 1.29 is 0 Å². The number of hydrogen-bond acceptors (Lipinski definition) is 0. The van der Waals surface area contributed by atoms with E-state index in [2.05, 4.69) is 61.7 Å². The van der Waals surface area contributed by atoms with Crippen LogP contribution in [0.1, 0.15) is 11.1 Å². The second kappa shape index (κ2) is 5.34. The van der Waals surface area contributed by atoms with Crippen molar-refractivity contribution in [2.75, 3.05) is 0 Å². The molecule has 0 amide bonds. The van der Waals surface area contributed by atoms with Gasteiger partial charge in [-0.3, -0.25) is 0 Å². The van der Waals surface area contributed by atoms with E-state index in [1.165, 1.54) is 32.7 Å². The van der Waals surface area contributed by atoms with Gasteiger partial charge in [0.1, 0.15) is 0 Å². The first-order valence-corrected chi connectivity index (χ1v) is 6.98. The van der Waals surface area contributed by atoms with E-state index < -0.39 is 0 Å². The quantitative estimate of drug-likeness (QED) is 0.431. The minimum absolute atomic E-state index is 0.914. The Morgan fingerprint density at radius 1 is 0.750 bits per heavy atom. The average Bonchev–Trinajstić information content (AvgIpc) is 2.46. The molecule has 0 unspecified atom stereocenters. The van der Waals surface area contributed by atoms with Gasteiger partial charge < -0.3 is 0 Å². The van der Waals surface area contributed by atoms with Gasteiger partial charge in [-0.15, -0.1) is 13.2 Å². The molecular weight excluding hydrogens is 240 g/mol. The molecule has 0 aromatic heterocycles. The van der Waals surface area contributed by atoms with Gasteiger partial charge in [0.25, 0.3) is 0 Å². The molecule has 0 saturated heterocycles. The molecule has 3 rings (SSSR count). The van der Waals surface area contributed by atoms with E-state index in [9.17, 15) is 0 Å². The van der Waals surface area contributed by atoms with Gasteiger partial charge in [-0.25, -0.2) is 0 Å². The average molecular weight is 258 g/mol. The molecule has 0 atom stereocenters. The van der Waals surface area contributed by atoms with Crippen LogP contribution in [0, 0.1) is 0 Å². The van der Waals surface area contributed by atoms with Crippen molar-refractivity contribution in [1.29, 1.82) is 0 Å².